The van der Waals surface area contributed by atoms with E-state index < -0.39 is 0 Å². The van der Waals surface area contributed by atoms with Crippen LogP contribution in [0.5, 0.6) is 5.75 Å². The van der Waals surface area contributed by atoms with Crippen molar-refractivity contribution in [3.63, 3.8) is 0 Å². The quantitative estimate of drug-likeness (QED) is 0.662. The highest BCUT2D eigenvalue weighted by Crippen LogP contribution is 2.23. The molecule has 0 aliphatic carbocycles. The van der Waals surface area contributed by atoms with Crippen molar-refractivity contribution in [2.75, 3.05) is 18.5 Å². The van der Waals surface area contributed by atoms with Crippen LogP contribution in [0, 0.1) is 0 Å². The van der Waals surface area contributed by atoms with Crippen LogP contribution in [-0.2, 0) is 11.3 Å². The molecule has 3 aromatic rings. The molecule has 1 saturated heterocycles. The summed E-state index contributed by atoms with van der Waals surface area (Å²) in [6, 6.07) is 14.0. The van der Waals surface area contributed by atoms with Crippen LogP contribution in [0.15, 0.2) is 59.3 Å². The molecule has 2 N–H and O–H groups in total. The standard InChI is InChI=1S/C21H22N4O4/c26-19-9-2-1-5-16(19)12-25(13-18-8-4-10-28-18)21(27)23-17-7-3-6-15(11-17)20-24-22-14-29-20/h1-3,5-7,9,11,14,18,26H,4,8,10,12-13H2,(H,23,27). The molecule has 1 unspecified atom stereocenters. The Morgan fingerprint density at radius 1 is 1.24 bits per heavy atom. The van der Waals surface area contributed by atoms with Crippen molar-refractivity contribution in [1.82, 2.24) is 15.1 Å². The summed E-state index contributed by atoms with van der Waals surface area (Å²) in [7, 11) is 0. The fourth-order valence-corrected chi connectivity index (χ4v) is 3.33. The lowest BCUT2D eigenvalue weighted by Crippen LogP contribution is -2.39. The van der Waals surface area contributed by atoms with Gasteiger partial charge in [0.05, 0.1) is 12.6 Å². The highest BCUT2D eigenvalue weighted by molar-refractivity contribution is 5.90. The maximum Gasteiger partial charge on any atom is 0.322 e. The van der Waals surface area contributed by atoms with Crippen molar-refractivity contribution in [1.29, 1.82) is 0 Å². The third-order valence-electron chi connectivity index (χ3n) is 4.81. The lowest BCUT2D eigenvalue weighted by Gasteiger charge is -2.26. The van der Waals surface area contributed by atoms with Gasteiger partial charge >= 0.3 is 6.03 Å². The molecular formula is C21H22N4O4. The zero-order valence-corrected chi connectivity index (χ0v) is 15.8. The van der Waals surface area contributed by atoms with Crippen LogP contribution in [-0.4, -0.2) is 45.5 Å². The Hall–Kier alpha value is -3.39. The molecule has 0 bridgehead atoms. The van der Waals surface area contributed by atoms with E-state index in [1.54, 1.807) is 35.2 Å². The molecule has 1 fully saturated rings. The first kappa shape index (κ1) is 18.9. The van der Waals surface area contributed by atoms with Gasteiger partial charge in [0.1, 0.15) is 5.75 Å². The number of aromatic hydroxyl groups is 1. The fourth-order valence-electron chi connectivity index (χ4n) is 3.33. The van der Waals surface area contributed by atoms with Gasteiger partial charge in [0.2, 0.25) is 12.3 Å². The minimum atomic E-state index is -0.272. The number of carbonyl (C=O) groups excluding carboxylic acids is 1. The van der Waals surface area contributed by atoms with Gasteiger partial charge in [-0.25, -0.2) is 4.79 Å². The molecule has 2 aromatic carbocycles. The molecule has 2 heterocycles. The largest absolute Gasteiger partial charge is 0.508 e. The number of phenols is 1. The number of rotatable bonds is 6. The van der Waals surface area contributed by atoms with E-state index in [-0.39, 0.29) is 24.4 Å². The predicted molar refractivity (Wildman–Crippen MR) is 106 cm³/mol. The van der Waals surface area contributed by atoms with Gasteiger partial charge < -0.3 is 24.5 Å². The van der Waals surface area contributed by atoms with Gasteiger partial charge in [0.25, 0.3) is 0 Å². The van der Waals surface area contributed by atoms with Crippen molar-refractivity contribution in [3.8, 4) is 17.2 Å². The number of carbonyl (C=O) groups is 1. The zero-order valence-electron chi connectivity index (χ0n) is 15.8. The molecule has 1 aliphatic rings. The van der Waals surface area contributed by atoms with Gasteiger partial charge in [-0.15, -0.1) is 10.2 Å². The van der Waals surface area contributed by atoms with Crippen LogP contribution in [0.1, 0.15) is 18.4 Å². The summed E-state index contributed by atoms with van der Waals surface area (Å²) in [6.07, 6.45) is 3.16. The molecule has 0 spiro atoms. The number of anilines is 1. The average molecular weight is 394 g/mol. The first-order valence-electron chi connectivity index (χ1n) is 9.50. The van der Waals surface area contributed by atoms with E-state index >= 15 is 0 Å². The molecule has 0 saturated carbocycles. The average Bonchev–Trinajstić information content (AvgIpc) is 3.43. The molecule has 8 nitrogen and oxygen atoms in total. The summed E-state index contributed by atoms with van der Waals surface area (Å²) >= 11 is 0. The number of hydrogen-bond acceptors (Lipinski definition) is 6. The van der Waals surface area contributed by atoms with E-state index in [1.165, 1.54) is 6.39 Å². The summed E-state index contributed by atoms with van der Waals surface area (Å²) in [5.41, 5.74) is 2.01. The Bertz CT molecular complexity index is 955. The first-order valence-corrected chi connectivity index (χ1v) is 9.50. The number of nitrogens with one attached hydrogen (secondary N) is 1. The van der Waals surface area contributed by atoms with Crippen molar-refractivity contribution in [3.05, 3.63) is 60.5 Å². The lowest BCUT2D eigenvalue weighted by atomic mass is 10.1. The van der Waals surface area contributed by atoms with Gasteiger partial charge in [-0.2, -0.15) is 0 Å². The number of para-hydroxylation sites is 1. The van der Waals surface area contributed by atoms with Gasteiger partial charge in [0, 0.05) is 30.0 Å². The summed E-state index contributed by atoms with van der Waals surface area (Å²) in [5, 5.41) is 20.6. The number of nitrogens with zero attached hydrogens (tertiary/aromatic N) is 3. The second-order valence-corrected chi connectivity index (χ2v) is 6.90. The minimum absolute atomic E-state index is 0.00340. The second kappa shape index (κ2) is 8.74. The van der Waals surface area contributed by atoms with Gasteiger partial charge in [-0.1, -0.05) is 24.3 Å². The Kier molecular flexibility index (Phi) is 5.71. The van der Waals surface area contributed by atoms with E-state index in [1.807, 2.05) is 18.2 Å². The third kappa shape index (κ3) is 4.72. The number of ether oxygens (including phenoxy) is 1. The van der Waals surface area contributed by atoms with E-state index in [0.717, 1.165) is 12.8 Å². The van der Waals surface area contributed by atoms with Gasteiger partial charge in [0.15, 0.2) is 0 Å². The second-order valence-electron chi connectivity index (χ2n) is 6.90. The smallest absolute Gasteiger partial charge is 0.322 e. The minimum Gasteiger partial charge on any atom is -0.508 e. The van der Waals surface area contributed by atoms with Gasteiger partial charge in [-0.3, -0.25) is 0 Å². The van der Waals surface area contributed by atoms with Crippen LogP contribution < -0.4 is 5.32 Å². The molecule has 0 radical (unpaired) electrons. The number of phenolic OH excluding ortho intramolecular Hbond substituents is 1. The van der Waals surface area contributed by atoms with E-state index in [0.29, 0.717) is 35.9 Å². The maximum absolute atomic E-state index is 13.0. The normalized spacial score (nSPS) is 15.9. The van der Waals surface area contributed by atoms with E-state index in [2.05, 4.69) is 15.5 Å². The summed E-state index contributed by atoms with van der Waals surface area (Å²) in [6.45, 7) is 1.44. The molecule has 150 valence electrons. The van der Waals surface area contributed by atoms with Crippen LogP contribution in [0.25, 0.3) is 11.5 Å². The number of urea groups is 1. The number of benzene rings is 2. The Morgan fingerprint density at radius 2 is 2.14 bits per heavy atom. The molecule has 1 aromatic heterocycles. The Morgan fingerprint density at radius 3 is 2.90 bits per heavy atom. The molecule has 1 aliphatic heterocycles. The Balaban J connectivity index is 1.51. The highest BCUT2D eigenvalue weighted by atomic mass is 16.5. The van der Waals surface area contributed by atoms with Crippen LogP contribution in [0.3, 0.4) is 0 Å². The lowest BCUT2D eigenvalue weighted by molar-refractivity contribution is 0.0817. The molecule has 8 heteroatoms. The molecule has 29 heavy (non-hydrogen) atoms. The molecular weight excluding hydrogens is 372 g/mol. The first-order chi connectivity index (χ1) is 14.2. The Labute approximate surface area is 168 Å². The topological polar surface area (TPSA) is 101 Å². The number of hydrogen-bond donors (Lipinski definition) is 2. The summed E-state index contributed by atoms with van der Waals surface area (Å²) in [5.74, 6) is 0.544. The summed E-state index contributed by atoms with van der Waals surface area (Å²) in [4.78, 5) is 14.7. The number of amides is 2. The van der Waals surface area contributed by atoms with Crippen molar-refractivity contribution in [2.45, 2.75) is 25.5 Å². The van der Waals surface area contributed by atoms with Crippen LogP contribution in [0.2, 0.25) is 0 Å². The molecule has 2 amide bonds. The van der Waals surface area contributed by atoms with Crippen LogP contribution in [0.4, 0.5) is 10.5 Å². The maximum atomic E-state index is 13.0. The van der Waals surface area contributed by atoms with Crippen molar-refractivity contribution < 1.29 is 19.1 Å². The van der Waals surface area contributed by atoms with Gasteiger partial charge in [-0.05, 0) is 37.1 Å². The van der Waals surface area contributed by atoms with Crippen molar-refractivity contribution >= 4 is 11.7 Å². The van der Waals surface area contributed by atoms with E-state index in [9.17, 15) is 9.90 Å². The SMILES string of the molecule is O=C(Nc1cccc(-c2nnco2)c1)N(Cc1ccccc1O)CC1CCCO1. The zero-order chi connectivity index (χ0) is 20.1. The molecule has 1 atom stereocenters. The number of aromatic nitrogens is 2. The summed E-state index contributed by atoms with van der Waals surface area (Å²) < 4.78 is 10.9. The van der Waals surface area contributed by atoms with E-state index in [4.69, 9.17) is 9.15 Å². The predicted octanol–water partition coefficient (Wildman–Crippen LogP) is 3.66. The monoisotopic (exact) mass is 394 g/mol. The highest BCUT2D eigenvalue weighted by Gasteiger charge is 2.23. The fraction of sp³-hybridized carbons (Fsp3) is 0.286. The van der Waals surface area contributed by atoms with Crippen molar-refractivity contribution in [2.24, 2.45) is 0 Å². The third-order valence-corrected chi connectivity index (χ3v) is 4.81. The molecule has 4 rings (SSSR count). The van der Waals surface area contributed by atoms with Crippen LogP contribution >= 0.6 is 0 Å².